The van der Waals surface area contributed by atoms with Crippen LogP contribution in [-0.2, 0) is 6.54 Å². The van der Waals surface area contributed by atoms with Gasteiger partial charge in [0.05, 0.1) is 0 Å². The van der Waals surface area contributed by atoms with Crippen LogP contribution in [0.5, 0.6) is 0 Å². The molecule has 0 fully saturated rings. The number of nitrogen functional groups attached to an aromatic ring is 1. The first-order valence-electron chi connectivity index (χ1n) is 7.23. The number of hydrogen-bond donors (Lipinski definition) is 2. The van der Waals surface area contributed by atoms with Gasteiger partial charge in [0.2, 0.25) is 0 Å². The average Bonchev–Trinajstić information content (AvgIpc) is 2.32. The van der Waals surface area contributed by atoms with Crippen LogP contribution in [0, 0.1) is 5.92 Å². The van der Waals surface area contributed by atoms with Crippen molar-refractivity contribution in [2.24, 2.45) is 5.92 Å². The molecule has 0 saturated heterocycles. The number of rotatable bonds is 9. The predicted molar refractivity (Wildman–Crippen MR) is 80.5 cm³/mol. The van der Waals surface area contributed by atoms with Gasteiger partial charge in [0.25, 0.3) is 0 Å². The summed E-state index contributed by atoms with van der Waals surface area (Å²) in [5.41, 5.74) is 7.86. The minimum atomic E-state index is 0.850. The van der Waals surface area contributed by atoms with Gasteiger partial charge in [-0.25, -0.2) is 0 Å². The largest absolute Gasteiger partial charge is 0.399 e. The van der Waals surface area contributed by atoms with Crippen LogP contribution in [0.4, 0.5) is 5.69 Å². The van der Waals surface area contributed by atoms with Gasteiger partial charge in [0, 0.05) is 12.2 Å². The van der Waals surface area contributed by atoms with Crippen LogP contribution in [0.3, 0.4) is 0 Å². The van der Waals surface area contributed by atoms with Crippen LogP contribution in [0.1, 0.15) is 51.5 Å². The Hall–Kier alpha value is -1.02. The highest BCUT2D eigenvalue weighted by molar-refractivity contribution is 5.40. The summed E-state index contributed by atoms with van der Waals surface area (Å²) in [6.45, 7) is 6.63. The molecule has 1 aromatic carbocycles. The first kappa shape index (κ1) is 15.0. The third-order valence-electron chi connectivity index (χ3n) is 3.17. The summed E-state index contributed by atoms with van der Waals surface area (Å²) in [6.07, 6.45) is 6.75. The van der Waals surface area contributed by atoms with Crippen LogP contribution in [0.2, 0.25) is 0 Å². The molecule has 0 aliphatic carbocycles. The van der Waals surface area contributed by atoms with Crippen molar-refractivity contribution in [1.29, 1.82) is 0 Å². The molecule has 0 aliphatic heterocycles. The van der Waals surface area contributed by atoms with E-state index in [1.54, 1.807) is 0 Å². The van der Waals surface area contributed by atoms with Crippen molar-refractivity contribution in [3.63, 3.8) is 0 Å². The van der Waals surface area contributed by atoms with Crippen LogP contribution >= 0.6 is 0 Å². The van der Waals surface area contributed by atoms with Crippen molar-refractivity contribution in [3.8, 4) is 0 Å². The SMILES string of the molecule is CC(C)CCCCCCNCc1cccc(N)c1. The molecule has 0 atom stereocenters. The molecule has 0 bridgehead atoms. The molecule has 102 valence electrons. The van der Waals surface area contributed by atoms with Gasteiger partial charge >= 0.3 is 0 Å². The van der Waals surface area contributed by atoms with Crippen molar-refractivity contribution >= 4 is 5.69 Å². The zero-order valence-electron chi connectivity index (χ0n) is 11.9. The van der Waals surface area contributed by atoms with Crippen LogP contribution in [0.15, 0.2) is 24.3 Å². The summed E-state index contributed by atoms with van der Waals surface area (Å²) >= 11 is 0. The number of anilines is 1. The number of hydrogen-bond acceptors (Lipinski definition) is 2. The Morgan fingerprint density at radius 2 is 1.89 bits per heavy atom. The van der Waals surface area contributed by atoms with E-state index in [1.165, 1.54) is 37.7 Å². The second-order valence-electron chi connectivity index (χ2n) is 5.52. The smallest absolute Gasteiger partial charge is 0.0317 e. The third-order valence-corrected chi connectivity index (χ3v) is 3.17. The second-order valence-corrected chi connectivity index (χ2v) is 5.52. The Kier molecular flexibility index (Phi) is 7.51. The summed E-state index contributed by atoms with van der Waals surface area (Å²) in [6, 6.07) is 8.10. The molecule has 0 aliphatic rings. The van der Waals surface area contributed by atoms with Crippen molar-refractivity contribution in [2.75, 3.05) is 12.3 Å². The van der Waals surface area contributed by atoms with E-state index in [-0.39, 0.29) is 0 Å². The Bertz CT molecular complexity index is 321. The molecule has 0 unspecified atom stereocenters. The van der Waals surface area contributed by atoms with E-state index in [2.05, 4.69) is 25.2 Å². The zero-order valence-corrected chi connectivity index (χ0v) is 11.9. The van der Waals surface area contributed by atoms with Crippen LogP contribution in [-0.4, -0.2) is 6.54 Å². The third kappa shape index (κ3) is 7.33. The second kappa shape index (κ2) is 8.98. The van der Waals surface area contributed by atoms with E-state index < -0.39 is 0 Å². The molecule has 1 rings (SSSR count). The van der Waals surface area contributed by atoms with E-state index in [0.717, 1.165) is 24.7 Å². The van der Waals surface area contributed by atoms with Gasteiger partial charge in [-0.1, -0.05) is 51.7 Å². The van der Waals surface area contributed by atoms with Gasteiger partial charge in [-0.15, -0.1) is 0 Å². The van der Waals surface area contributed by atoms with Crippen LogP contribution < -0.4 is 11.1 Å². The fourth-order valence-electron chi connectivity index (χ4n) is 2.09. The Morgan fingerprint density at radius 3 is 2.61 bits per heavy atom. The van der Waals surface area contributed by atoms with E-state index in [4.69, 9.17) is 5.73 Å². The van der Waals surface area contributed by atoms with Gasteiger partial charge in [-0.05, 0) is 36.6 Å². The maximum atomic E-state index is 5.74. The lowest BCUT2D eigenvalue weighted by molar-refractivity contribution is 0.512. The first-order chi connectivity index (χ1) is 8.68. The molecular formula is C16H28N2. The average molecular weight is 248 g/mol. The van der Waals surface area contributed by atoms with Gasteiger partial charge in [0.1, 0.15) is 0 Å². The highest BCUT2D eigenvalue weighted by Gasteiger charge is 1.95. The summed E-state index contributed by atoms with van der Waals surface area (Å²) in [7, 11) is 0. The van der Waals surface area contributed by atoms with Gasteiger partial charge in [-0.3, -0.25) is 0 Å². The number of benzene rings is 1. The predicted octanol–water partition coefficient (Wildman–Crippen LogP) is 3.96. The van der Waals surface area contributed by atoms with Crippen molar-refractivity contribution in [3.05, 3.63) is 29.8 Å². The molecule has 0 radical (unpaired) electrons. The summed E-state index contributed by atoms with van der Waals surface area (Å²) in [4.78, 5) is 0. The number of nitrogens with two attached hydrogens (primary N) is 1. The summed E-state index contributed by atoms with van der Waals surface area (Å²) in [5.74, 6) is 0.853. The standard InChI is InChI=1S/C16H28N2/c1-14(2)8-5-3-4-6-11-18-13-15-9-7-10-16(17)12-15/h7,9-10,12,14,18H,3-6,8,11,13,17H2,1-2H3. The van der Waals surface area contributed by atoms with E-state index in [0.29, 0.717) is 0 Å². The Labute approximate surface area is 112 Å². The molecule has 0 saturated carbocycles. The lowest BCUT2D eigenvalue weighted by atomic mass is 10.0. The van der Waals surface area contributed by atoms with Gasteiger partial charge in [-0.2, -0.15) is 0 Å². The molecule has 2 nitrogen and oxygen atoms in total. The quantitative estimate of drug-likeness (QED) is 0.512. The Balaban J connectivity index is 1.96. The minimum Gasteiger partial charge on any atom is -0.399 e. The van der Waals surface area contributed by atoms with Crippen molar-refractivity contribution in [2.45, 2.75) is 52.5 Å². The summed E-state index contributed by atoms with van der Waals surface area (Å²) < 4.78 is 0. The fourth-order valence-corrected chi connectivity index (χ4v) is 2.09. The lowest BCUT2D eigenvalue weighted by Crippen LogP contribution is -2.14. The maximum Gasteiger partial charge on any atom is 0.0317 e. The molecule has 0 spiro atoms. The van der Waals surface area contributed by atoms with E-state index in [1.807, 2.05) is 18.2 Å². The normalized spacial score (nSPS) is 11.1. The molecule has 18 heavy (non-hydrogen) atoms. The van der Waals surface area contributed by atoms with Crippen molar-refractivity contribution in [1.82, 2.24) is 5.32 Å². The highest BCUT2D eigenvalue weighted by atomic mass is 14.8. The van der Waals surface area contributed by atoms with Crippen LogP contribution in [0.25, 0.3) is 0 Å². The topological polar surface area (TPSA) is 38.0 Å². The molecule has 0 heterocycles. The first-order valence-corrected chi connectivity index (χ1v) is 7.23. The minimum absolute atomic E-state index is 0.850. The maximum absolute atomic E-state index is 5.74. The highest BCUT2D eigenvalue weighted by Crippen LogP contribution is 2.09. The van der Waals surface area contributed by atoms with Gasteiger partial charge in [0.15, 0.2) is 0 Å². The monoisotopic (exact) mass is 248 g/mol. The lowest BCUT2D eigenvalue weighted by Gasteiger charge is -2.06. The fraction of sp³-hybridized carbons (Fsp3) is 0.625. The summed E-state index contributed by atoms with van der Waals surface area (Å²) in [5, 5.41) is 3.47. The van der Waals surface area contributed by atoms with Crippen molar-refractivity contribution < 1.29 is 0 Å². The molecule has 2 heteroatoms. The van der Waals surface area contributed by atoms with E-state index >= 15 is 0 Å². The molecular weight excluding hydrogens is 220 g/mol. The van der Waals surface area contributed by atoms with Gasteiger partial charge < -0.3 is 11.1 Å². The Morgan fingerprint density at radius 1 is 1.11 bits per heavy atom. The molecule has 3 N–H and O–H groups in total. The number of unbranched alkanes of at least 4 members (excludes halogenated alkanes) is 3. The zero-order chi connectivity index (χ0) is 13.2. The molecule has 0 amide bonds. The van der Waals surface area contributed by atoms with E-state index in [9.17, 15) is 0 Å². The molecule has 1 aromatic rings. The molecule has 0 aromatic heterocycles. The number of nitrogens with one attached hydrogen (secondary N) is 1.